The highest BCUT2D eigenvalue weighted by molar-refractivity contribution is 5.78. The van der Waals surface area contributed by atoms with Crippen LogP contribution in [-0.2, 0) is 12.8 Å². The molecular weight excluding hydrogens is 374 g/mol. The number of anilines is 3. The number of benzene rings is 4. The number of hydrogen-bond acceptors (Lipinski definition) is 1. The van der Waals surface area contributed by atoms with E-state index in [1.165, 1.54) is 64.1 Å². The molecule has 31 heavy (non-hydrogen) atoms. The fourth-order valence-corrected chi connectivity index (χ4v) is 4.33. The van der Waals surface area contributed by atoms with Crippen molar-refractivity contribution < 1.29 is 0 Å². The van der Waals surface area contributed by atoms with Gasteiger partial charge in [0.15, 0.2) is 0 Å². The summed E-state index contributed by atoms with van der Waals surface area (Å²) >= 11 is 0. The van der Waals surface area contributed by atoms with Crippen LogP contribution in [-0.4, -0.2) is 0 Å². The minimum atomic E-state index is 1.18. The maximum atomic E-state index is 2.38. The van der Waals surface area contributed by atoms with E-state index in [0.717, 1.165) is 0 Å². The molecule has 0 bridgehead atoms. The highest BCUT2D eigenvalue weighted by atomic mass is 15.1. The molecule has 0 saturated carbocycles. The van der Waals surface area contributed by atoms with E-state index in [2.05, 4.69) is 121 Å². The first-order valence-electron chi connectivity index (χ1n) is 11.1. The van der Waals surface area contributed by atoms with Crippen molar-refractivity contribution >= 4 is 29.2 Å². The van der Waals surface area contributed by atoms with Crippen molar-refractivity contribution in [3.63, 3.8) is 0 Å². The van der Waals surface area contributed by atoms with Crippen LogP contribution in [0.4, 0.5) is 17.1 Å². The highest BCUT2D eigenvalue weighted by Gasteiger charge is 2.16. The van der Waals surface area contributed by atoms with E-state index in [4.69, 9.17) is 0 Å². The maximum absolute atomic E-state index is 2.38. The number of rotatable bonds is 5. The average molecular weight is 402 g/mol. The fourth-order valence-electron chi connectivity index (χ4n) is 4.33. The molecule has 4 aromatic rings. The minimum absolute atomic E-state index is 1.18. The molecule has 0 heterocycles. The lowest BCUT2D eigenvalue weighted by Gasteiger charge is -2.26. The summed E-state index contributed by atoms with van der Waals surface area (Å²) in [4.78, 5) is 2.35. The summed E-state index contributed by atoms with van der Waals surface area (Å²) in [5, 5.41) is 0. The lowest BCUT2D eigenvalue weighted by molar-refractivity contribution is 0.912. The molecule has 0 aliphatic heterocycles. The standard InChI is InChI=1S/C30H27N/c1-23-10-12-24(13-11-23)14-15-25-16-19-29(20-17-25)31(28-8-3-2-4-9-28)30-21-18-26-6-5-7-27(26)22-30/h2-4,8-22H,5-7H2,1H3/b15-14-. The second-order valence-electron chi connectivity index (χ2n) is 8.31. The first kappa shape index (κ1) is 19.4. The zero-order valence-corrected chi connectivity index (χ0v) is 18.0. The molecule has 5 rings (SSSR count). The Labute approximate surface area is 185 Å². The molecule has 1 nitrogen and oxygen atoms in total. The first-order valence-corrected chi connectivity index (χ1v) is 11.1. The Hall–Kier alpha value is -3.58. The smallest absolute Gasteiger partial charge is 0.0464 e. The van der Waals surface area contributed by atoms with Crippen LogP contribution in [0.1, 0.15) is 34.2 Å². The first-order chi connectivity index (χ1) is 15.3. The lowest BCUT2D eigenvalue weighted by Crippen LogP contribution is -2.10. The van der Waals surface area contributed by atoms with Crippen molar-refractivity contribution in [2.45, 2.75) is 26.2 Å². The molecule has 0 radical (unpaired) electrons. The van der Waals surface area contributed by atoms with E-state index in [9.17, 15) is 0 Å². The predicted molar refractivity (Wildman–Crippen MR) is 133 cm³/mol. The van der Waals surface area contributed by atoms with Gasteiger partial charge in [0.2, 0.25) is 0 Å². The number of hydrogen-bond donors (Lipinski definition) is 0. The van der Waals surface area contributed by atoms with Gasteiger partial charge in [-0.2, -0.15) is 0 Å². The average Bonchev–Trinajstić information content (AvgIpc) is 3.29. The Kier molecular flexibility index (Phi) is 5.41. The second kappa shape index (κ2) is 8.65. The van der Waals surface area contributed by atoms with Gasteiger partial charge >= 0.3 is 0 Å². The van der Waals surface area contributed by atoms with Gasteiger partial charge in [0, 0.05) is 17.1 Å². The van der Waals surface area contributed by atoms with Gasteiger partial charge < -0.3 is 4.90 Å². The molecule has 0 saturated heterocycles. The molecule has 0 unspecified atom stereocenters. The van der Waals surface area contributed by atoms with Gasteiger partial charge in [-0.3, -0.25) is 0 Å². The largest absolute Gasteiger partial charge is 0.310 e. The van der Waals surface area contributed by atoms with Crippen LogP contribution in [0.5, 0.6) is 0 Å². The van der Waals surface area contributed by atoms with Crippen molar-refractivity contribution in [3.05, 3.63) is 125 Å². The van der Waals surface area contributed by atoms with Gasteiger partial charge in [-0.15, -0.1) is 0 Å². The predicted octanol–water partition coefficient (Wildman–Crippen LogP) is 8.12. The minimum Gasteiger partial charge on any atom is -0.310 e. The van der Waals surface area contributed by atoms with Crippen LogP contribution < -0.4 is 4.90 Å². The number of nitrogens with zero attached hydrogens (tertiary/aromatic N) is 1. The molecule has 1 aliphatic carbocycles. The Balaban J connectivity index is 1.46. The summed E-state index contributed by atoms with van der Waals surface area (Å²) < 4.78 is 0. The van der Waals surface area contributed by atoms with E-state index in [1.54, 1.807) is 0 Å². The third-order valence-corrected chi connectivity index (χ3v) is 6.05. The van der Waals surface area contributed by atoms with E-state index < -0.39 is 0 Å². The molecule has 0 atom stereocenters. The molecular formula is C30H27N. The summed E-state index contributed by atoms with van der Waals surface area (Å²) in [6.07, 6.45) is 8.02. The van der Waals surface area contributed by atoms with E-state index in [0.29, 0.717) is 0 Å². The van der Waals surface area contributed by atoms with Gasteiger partial charge in [-0.05, 0) is 84.8 Å². The molecule has 1 heteroatoms. The topological polar surface area (TPSA) is 3.24 Å². The van der Waals surface area contributed by atoms with Crippen molar-refractivity contribution in [2.75, 3.05) is 4.90 Å². The summed E-state index contributed by atoms with van der Waals surface area (Å²) in [6, 6.07) is 35.0. The van der Waals surface area contributed by atoms with E-state index in [-0.39, 0.29) is 0 Å². The summed E-state index contributed by atoms with van der Waals surface area (Å²) in [5.74, 6) is 0. The fraction of sp³-hybridized carbons (Fsp3) is 0.133. The number of fused-ring (bicyclic) bond motifs is 1. The zero-order valence-electron chi connectivity index (χ0n) is 18.0. The molecule has 152 valence electrons. The molecule has 0 amide bonds. The monoisotopic (exact) mass is 401 g/mol. The molecule has 4 aromatic carbocycles. The third kappa shape index (κ3) is 4.32. The Morgan fingerprint density at radius 1 is 0.581 bits per heavy atom. The van der Waals surface area contributed by atoms with Crippen LogP contribution in [0.2, 0.25) is 0 Å². The third-order valence-electron chi connectivity index (χ3n) is 6.05. The van der Waals surface area contributed by atoms with Crippen LogP contribution in [0.25, 0.3) is 12.2 Å². The van der Waals surface area contributed by atoms with Crippen molar-refractivity contribution in [1.82, 2.24) is 0 Å². The Morgan fingerprint density at radius 2 is 1.16 bits per heavy atom. The van der Waals surface area contributed by atoms with Gasteiger partial charge in [-0.1, -0.05) is 78.4 Å². The van der Waals surface area contributed by atoms with Gasteiger partial charge in [0.1, 0.15) is 0 Å². The van der Waals surface area contributed by atoms with Crippen molar-refractivity contribution in [1.29, 1.82) is 0 Å². The zero-order chi connectivity index (χ0) is 21.0. The van der Waals surface area contributed by atoms with Gasteiger partial charge in [0.25, 0.3) is 0 Å². The summed E-state index contributed by atoms with van der Waals surface area (Å²) in [6.45, 7) is 2.12. The normalized spacial score (nSPS) is 12.8. The second-order valence-corrected chi connectivity index (χ2v) is 8.31. The molecule has 0 N–H and O–H groups in total. The van der Waals surface area contributed by atoms with E-state index in [1.807, 2.05) is 0 Å². The van der Waals surface area contributed by atoms with Crippen LogP contribution >= 0.6 is 0 Å². The highest BCUT2D eigenvalue weighted by Crippen LogP contribution is 2.37. The summed E-state index contributed by atoms with van der Waals surface area (Å²) in [5.41, 5.74) is 10.3. The van der Waals surface area contributed by atoms with Crippen molar-refractivity contribution in [3.8, 4) is 0 Å². The molecule has 1 aliphatic rings. The molecule has 0 fully saturated rings. The Morgan fingerprint density at radius 3 is 1.87 bits per heavy atom. The Bertz CT molecular complexity index is 1190. The number of aryl methyl sites for hydroxylation is 3. The summed E-state index contributed by atoms with van der Waals surface area (Å²) in [7, 11) is 0. The number of para-hydroxylation sites is 1. The maximum Gasteiger partial charge on any atom is 0.0464 e. The lowest BCUT2D eigenvalue weighted by atomic mass is 10.1. The van der Waals surface area contributed by atoms with Gasteiger partial charge in [-0.25, -0.2) is 0 Å². The van der Waals surface area contributed by atoms with E-state index >= 15 is 0 Å². The van der Waals surface area contributed by atoms with Crippen molar-refractivity contribution in [2.24, 2.45) is 0 Å². The quantitative estimate of drug-likeness (QED) is 0.305. The van der Waals surface area contributed by atoms with Gasteiger partial charge in [0.05, 0.1) is 0 Å². The SMILES string of the molecule is Cc1ccc(/C=C\c2ccc(N(c3ccccc3)c3ccc4c(c3)CCC4)cc2)cc1. The van der Waals surface area contributed by atoms with Crippen LogP contribution in [0.3, 0.4) is 0 Å². The van der Waals surface area contributed by atoms with Crippen LogP contribution in [0, 0.1) is 6.92 Å². The van der Waals surface area contributed by atoms with Crippen LogP contribution in [0.15, 0.2) is 97.1 Å². The molecule has 0 spiro atoms. The molecule has 0 aromatic heterocycles.